The monoisotopic (exact) mass is 382 g/mol. The van der Waals surface area contributed by atoms with E-state index >= 15 is 0 Å². The van der Waals surface area contributed by atoms with Crippen LogP contribution in [-0.2, 0) is 16.4 Å². The number of sulfone groups is 1. The fourth-order valence-electron chi connectivity index (χ4n) is 2.03. The van der Waals surface area contributed by atoms with Gasteiger partial charge in [0.1, 0.15) is 0 Å². The van der Waals surface area contributed by atoms with E-state index < -0.39 is 20.5 Å². The predicted octanol–water partition coefficient (Wildman–Crippen LogP) is 2.87. The number of hydrogen-bond donors (Lipinski definition) is 0. The molecule has 0 aliphatic carbocycles. The van der Waals surface area contributed by atoms with Crippen molar-refractivity contribution >= 4 is 21.6 Å². The third-order valence-corrected chi connectivity index (χ3v) is 5.65. The third kappa shape index (κ3) is 4.02. The van der Waals surface area contributed by atoms with Gasteiger partial charge in [-0.2, -0.15) is 8.78 Å². The second kappa shape index (κ2) is 7.28. The molecule has 0 amide bonds. The van der Waals surface area contributed by atoms with E-state index in [4.69, 9.17) is 0 Å². The molecule has 0 fully saturated rings. The average molecular weight is 382 g/mol. The van der Waals surface area contributed by atoms with Crippen molar-refractivity contribution < 1.29 is 17.2 Å². The summed E-state index contributed by atoms with van der Waals surface area (Å²) in [7, 11) is -4.59. The van der Waals surface area contributed by atoms with E-state index in [0.29, 0.717) is 16.6 Å². The summed E-state index contributed by atoms with van der Waals surface area (Å²) in [5.41, 5.74) is 1.02. The molecule has 0 saturated carbocycles. The maximum absolute atomic E-state index is 12.5. The first kappa shape index (κ1) is 17.5. The van der Waals surface area contributed by atoms with Crippen molar-refractivity contribution in [2.24, 2.45) is 0 Å². The van der Waals surface area contributed by atoms with Crippen molar-refractivity contribution in [1.29, 1.82) is 0 Å². The summed E-state index contributed by atoms with van der Waals surface area (Å²) in [6.45, 7) is 0.480. The molecule has 0 aliphatic rings. The maximum atomic E-state index is 12.5. The summed E-state index contributed by atoms with van der Waals surface area (Å²) in [5, 5.41) is 12.0. The second-order valence-electron chi connectivity index (χ2n) is 4.98. The van der Waals surface area contributed by atoms with Crippen molar-refractivity contribution in [2.45, 2.75) is 27.2 Å². The van der Waals surface area contributed by atoms with Gasteiger partial charge in [-0.05, 0) is 52.0 Å². The molecule has 25 heavy (non-hydrogen) atoms. The number of halogens is 2. The zero-order valence-corrected chi connectivity index (χ0v) is 14.3. The zero-order valence-electron chi connectivity index (χ0n) is 12.7. The van der Waals surface area contributed by atoms with Gasteiger partial charge in [0.25, 0.3) is 0 Å². The molecule has 1 heterocycles. The molecule has 0 unspecified atom stereocenters. The molecule has 0 aliphatic heterocycles. The Labute approximate surface area is 146 Å². The minimum Gasteiger partial charge on any atom is -0.218 e. The highest BCUT2D eigenvalue weighted by Crippen LogP contribution is 2.28. The van der Waals surface area contributed by atoms with E-state index in [9.17, 15) is 17.2 Å². The number of alkyl halides is 2. The number of nitrogens with zero attached hydrogens (tertiary/aromatic N) is 4. The van der Waals surface area contributed by atoms with Gasteiger partial charge in [0.05, 0.1) is 11.4 Å². The number of rotatable bonds is 6. The minimum atomic E-state index is -4.59. The van der Waals surface area contributed by atoms with Crippen LogP contribution in [0.4, 0.5) is 8.78 Å². The Morgan fingerprint density at radius 3 is 2.36 bits per heavy atom. The summed E-state index contributed by atoms with van der Waals surface area (Å²) >= 11 is 1.21. The number of benzene rings is 2. The Balaban J connectivity index is 1.77. The van der Waals surface area contributed by atoms with E-state index in [2.05, 4.69) is 15.5 Å². The molecule has 6 nitrogen and oxygen atoms in total. The van der Waals surface area contributed by atoms with Crippen molar-refractivity contribution in [3.05, 3.63) is 60.2 Å². The molecule has 0 spiro atoms. The van der Waals surface area contributed by atoms with Crippen LogP contribution in [0.15, 0.2) is 69.5 Å². The lowest BCUT2D eigenvalue weighted by atomic mass is 10.2. The van der Waals surface area contributed by atoms with Crippen molar-refractivity contribution in [3.63, 3.8) is 0 Å². The van der Waals surface area contributed by atoms with Crippen LogP contribution in [-0.4, -0.2) is 34.4 Å². The average Bonchev–Trinajstić information content (AvgIpc) is 3.03. The molecule has 0 N–H and O–H groups in total. The molecule has 3 aromatic rings. The van der Waals surface area contributed by atoms with Gasteiger partial charge in [-0.15, -0.1) is 5.10 Å². The van der Waals surface area contributed by atoms with E-state index in [-0.39, 0.29) is 0 Å². The third-order valence-electron chi connectivity index (χ3n) is 3.27. The van der Waals surface area contributed by atoms with Crippen molar-refractivity contribution in [1.82, 2.24) is 20.2 Å². The molecule has 2 aromatic carbocycles. The molecule has 3 rings (SSSR count). The van der Waals surface area contributed by atoms with E-state index in [0.717, 1.165) is 17.7 Å². The molecule has 10 heteroatoms. The normalized spacial score (nSPS) is 11.8. The lowest BCUT2D eigenvalue weighted by Crippen LogP contribution is -2.11. The lowest BCUT2D eigenvalue weighted by Gasteiger charge is -2.06. The summed E-state index contributed by atoms with van der Waals surface area (Å²) < 4.78 is 49.5. The Morgan fingerprint density at radius 2 is 1.72 bits per heavy atom. The fraction of sp³-hybridized carbons (Fsp3) is 0.133. The molecular formula is C15H12F2N4O2S2. The molecule has 0 bridgehead atoms. The van der Waals surface area contributed by atoms with Gasteiger partial charge in [0.15, 0.2) is 0 Å². The Bertz CT molecular complexity index is 945. The van der Waals surface area contributed by atoms with Crippen LogP contribution < -0.4 is 0 Å². The van der Waals surface area contributed by atoms with Crippen LogP contribution in [0, 0.1) is 0 Å². The number of hydrogen-bond acceptors (Lipinski definition) is 6. The first-order valence-corrected chi connectivity index (χ1v) is 9.43. The Hall–Kier alpha value is -2.33. The van der Waals surface area contributed by atoms with Crippen LogP contribution in [0.5, 0.6) is 0 Å². The SMILES string of the molecule is O=S(=O)(c1ccc(Sc2nnnn2Cc2ccccc2)cc1)C(F)F. The van der Waals surface area contributed by atoms with Crippen LogP contribution in [0.25, 0.3) is 0 Å². The van der Waals surface area contributed by atoms with Gasteiger partial charge >= 0.3 is 5.76 Å². The summed E-state index contributed by atoms with van der Waals surface area (Å²) in [6.07, 6.45) is 0. The van der Waals surface area contributed by atoms with E-state index in [1.165, 1.54) is 23.9 Å². The maximum Gasteiger partial charge on any atom is 0.341 e. The number of aromatic nitrogens is 4. The Morgan fingerprint density at radius 1 is 1.04 bits per heavy atom. The fourth-order valence-corrected chi connectivity index (χ4v) is 3.52. The van der Waals surface area contributed by atoms with Crippen molar-refractivity contribution in [3.8, 4) is 0 Å². The summed E-state index contributed by atoms with van der Waals surface area (Å²) in [6, 6.07) is 14.8. The molecule has 0 saturated heterocycles. The van der Waals surface area contributed by atoms with Gasteiger partial charge in [0.2, 0.25) is 15.0 Å². The largest absolute Gasteiger partial charge is 0.341 e. The molecule has 0 radical (unpaired) electrons. The molecule has 0 atom stereocenters. The highest BCUT2D eigenvalue weighted by atomic mass is 32.2. The first-order chi connectivity index (χ1) is 12.0. The van der Waals surface area contributed by atoms with Gasteiger partial charge in [-0.25, -0.2) is 13.1 Å². The van der Waals surface area contributed by atoms with E-state index in [1.807, 2.05) is 30.3 Å². The zero-order chi connectivity index (χ0) is 17.9. The van der Waals surface area contributed by atoms with Gasteiger partial charge in [-0.1, -0.05) is 30.3 Å². The summed E-state index contributed by atoms with van der Waals surface area (Å²) in [4.78, 5) is 0.216. The molecule has 1 aromatic heterocycles. The highest BCUT2D eigenvalue weighted by Gasteiger charge is 2.26. The van der Waals surface area contributed by atoms with Crippen molar-refractivity contribution in [2.75, 3.05) is 0 Å². The van der Waals surface area contributed by atoms with E-state index in [1.54, 1.807) is 4.68 Å². The van der Waals surface area contributed by atoms with Gasteiger partial charge < -0.3 is 0 Å². The quantitative estimate of drug-likeness (QED) is 0.652. The highest BCUT2D eigenvalue weighted by molar-refractivity contribution is 7.99. The van der Waals surface area contributed by atoms with Crippen LogP contribution >= 0.6 is 11.8 Å². The first-order valence-electron chi connectivity index (χ1n) is 7.07. The minimum absolute atomic E-state index is 0.421. The second-order valence-corrected chi connectivity index (χ2v) is 7.94. The topological polar surface area (TPSA) is 77.7 Å². The van der Waals surface area contributed by atoms with Gasteiger partial charge in [-0.3, -0.25) is 0 Å². The Kier molecular flexibility index (Phi) is 5.09. The van der Waals surface area contributed by atoms with Crippen LogP contribution in [0.2, 0.25) is 0 Å². The number of tetrazole rings is 1. The van der Waals surface area contributed by atoms with Crippen LogP contribution in [0.3, 0.4) is 0 Å². The molecular weight excluding hydrogens is 370 g/mol. The molecule has 130 valence electrons. The standard InChI is InChI=1S/C15H12F2N4O2S2/c16-14(17)25(22,23)13-8-6-12(7-9-13)24-15-18-19-20-21(15)10-11-4-2-1-3-5-11/h1-9,14H,10H2. The lowest BCUT2D eigenvalue weighted by molar-refractivity contribution is 0.234. The van der Waals surface area contributed by atoms with Crippen LogP contribution in [0.1, 0.15) is 5.56 Å². The predicted molar refractivity (Wildman–Crippen MR) is 87.1 cm³/mol. The summed E-state index contributed by atoms with van der Waals surface area (Å²) in [5.74, 6) is -3.44. The smallest absolute Gasteiger partial charge is 0.218 e. The van der Waals surface area contributed by atoms with Gasteiger partial charge in [0, 0.05) is 4.90 Å².